The molecule has 0 aliphatic heterocycles. The average Bonchev–Trinajstić information content (AvgIpc) is 2.67. The predicted molar refractivity (Wildman–Crippen MR) is 122 cm³/mol. The number of likely N-dealkylation sites (N-methyl/N-ethyl adjacent to an activating group) is 1. The highest BCUT2D eigenvalue weighted by atomic mass is 31.2. The van der Waals surface area contributed by atoms with E-state index in [-0.39, 0.29) is 0 Å². The third-order valence-electron chi connectivity index (χ3n) is 6.17. The van der Waals surface area contributed by atoms with Crippen LogP contribution in [0.3, 0.4) is 0 Å². The first-order valence-corrected chi connectivity index (χ1v) is 13.5. The van der Waals surface area contributed by atoms with Crippen molar-refractivity contribution in [2.45, 2.75) is 90.4 Å². The molecule has 0 radical (unpaired) electrons. The van der Waals surface area contributed by atoms with Crippen LogP contribution in [0.2, 0.25) is 0 Å². The number of nitrogens with zero attached hydrogens (tertiary/aromatic N) is 1. The minimum absolute atomic E-state index is 0.371. The Morgan fingerprint density at radius 1 is 0.793 bits per heavy atom. The van der Waals surface area contributed by atoms with Gasteiger partial charge >= 0.3 is 7.82 Å². The Hall–Kier alpha value is 0.0700. The molecule has 1 aliphatic carbocycles. The first-order valence-electron chi connectivity index (χ1n) is 12.0. The van der Waals surface area contributed by atoms with Crippen LogP contribution in [0.5, 0.6) is 0 Å². The van der Waals surface area contributed by atoms with Crippen molar-refractivity contribution in [1.82, 2.24) is 0 Å². The fourth-order valence-corrected chi connectivity index (χ4v) is 5.07. The summed E-state index contributed by atoms with van der Waals surface area (Å²) in [5, 5.41) is 0. The minimum Gasteiger partial charge on any atom is -0.329 e. The number of hydrogen-bond acceptors (Lipinski definition) is 4. The van der Waals surface area contributed by atoms with Gasteiger partial charge in [0.1, 0.15) is 13.2 Å². The standard InChI is InChI=1S/C23H49NO4P/c1-6-7-10-13-22-15-17-23(18-16-22)14-11-8-9-12-20-27-29(25,26-5)28-21-19-24(2,3)4/h22-23H,6-21H2,1-5H3/q+1. The van der Waals surface area contributed by atoms with Gasteiger partial charge in [0.15, 0.2) is 0 Å². The molecule has 1 saturated carbocycles. The maximum Gasteiger partial charge on any atom is 0.474 e. The van der Waals surface area contributed by atoms with Crippen LogP contribution in [0.15, 0.2) is 0 Å². The van der Waals surface area contributed by atoms with E-state index in [0.717, 1.165) is 35.7 Å². The minimum atomic E-state index is -3.39. The van der Waals surface area contributed by atoms with Crippen molar-refractivity contribution in [3.05, 3.63) is 0 Å². The van der Waals surface area contributed by atoms with Gasteiger partial charge in [-0.3, -0.25) is 13.6 Å². The van der Waals surface area contributed by atoms with Gasteiger partial charge in [-0.2, -0.15) is 0 Å². The topological polar surface area (TPSA) is 44.8 Å². The maximum absolute atomic E-state index is 12.4. The molecule has 1 atom stereocenters. The van der Waals surface area contributed by atoms with E-state index in [2.05, 4.69) is 28.1 Å². The molecule has 0 aromatic heterocycles. The van der Waals surface area contributed by atoms with Crippen molar-refractivity contribution in [3.63, 3.8) is 0 Å². The Labute approximate surface area is 181 Å². The number of quaternary nitrogens is 1. The predicted octanol–water partition coefficient (Wildman–Crippen LogP) is 6.82. The number of rotatable bonds is 17. The molecule has 29 heavy (non-hydrogen) atoms. The van der Waals surface area contributed by atoms with E-state index in [1.807, 2.05) is 0 Å². The molecule has 0 bridgehead atoms. The normalized spacial score (nSPS) is 22.5. The monoisotopic (exact) mass is 434 g/mol. The van der Waals surface area contributed by atoms with Gasteiger partial charge in [-0.15, -0.1) is 0 Å². The van der Waals surface area contributed by atoms with E-state index in [9.17, 15) is 4.57 Å². The lowest BCUT2D eigenvalue weighted by Crippen LogP contribution is -2.37. The van der Waals surface area contributed by atoms with Gasteiger partial charge in [-0.1, -0.05) is 84.0 Å². The highest BCUT2D eigenvalue weighted by Gasteiger charge is 2.25. The smallest absolute Gasteiger partial charge is 0.329 e. The SMILES string of the molecule is CCCCCC1CCC(CCCCCCOP(=O)(OC)OCC[N+](C)(C)C)CC1. The van der Waals surface area contributed by atoms with Crippen LogP contribution in [0.25, 0.3) is 0 Å². The molecule has 1 aliphatic rings. The Balaban J connectivity index is 2.02. The number of hydrogen-bond donors (Lipinski definition) is 0. The molecule has 0 heterocycles. The van der Waals surface area contributed by atoms with E-state index >= 15 is 0 Å². The molecule has 6 heteroatoms. The molecule has 0 saturated heterocycles. The lowest BCUT2D eigenvalue weighted by Gasteiger charge is -2.28. The third kappa shape index (κ3) is 13.9. The zero-order chi connectivity index (χ0) is 21.6. The van der Waals surface area contributed by atoms with Crippen molar-refractivity contribution in [2.24, 2.45) is 11.8 Å². The Kier molecular flexibility index (Phi) is 14.0. The van der Waals surface area contributed by atoms with E-state index < -0.39 is 7.82 Å². The van der Waals surface area contributed by atoms with Crippen LogP contribution < -0.4 is 0 Å². The van der Waals surface area contributed by atoms with Crippen molar-refractivity contribution < 1.29 is 22.6 Å². The van der Waals surface area contributed by atoms with Crippen molar-refractivity contribution in [3.8, 4) is 0 Å². The first kappa shape index (κ1) is 27.1. The number of phosphoric acid groups is 1. The Morgan fingerprint density at radius 3 is 1.83 bits per heavy atom. The van der Waals surface area contributed by atoms with E-state index in [1.54, 1.807) is 0 Å². The van der Waals surface area contributed by atoms with Gasteiger partial charge in [0.25, 0.3) is 0 Å². The summed E-state index contributed by atoms with van der Waals surface area (Å²) in [6, 6.07) is 0. The number of unbranched alkanes of at least 4 members (excludes halogenated alkanes) is 5. The lowest BCUT2D eigenvalue weighted by molar-refractivity contribution is -0.870. The van der Waals surface area contributed by atoms with E-state index in [1.165, 1.54) is 77.7 Å². The fourth-order valence-electron chi connectivity index (χ4n) is 4.13. The molecular formula is C23H49NO4P+. The van der Waals surface area contributed by atoms with Gasteiger partial charge in [0.2, 0.25) is 0 Å². The summed E-state index contributed by atoms with van der Waals surface area (Å²) < 4.78 is 29.0. The van der Waals surface area contributed by atoms with Crippen molar-refractivity contribution in [1.29, 1.82) is 0 Å². The second-order valence-electron chi connectivity index (χ2n) is 9.90. The highest BCUT2D eigenvalue weighted by Crippen LogP contribution is 2.48. The lowest BCUT2D eigenvalue weighted by atomic mass is 9.78. The van der Waals surface area contributed by atoms with Gasteiger partial charge in [0.05, 0.1) is 27.7 Å². The molecule has 0 aromatic rings. The summed E-state index contributed by atoms with van der Waals surface area (Å²) in [5.74, 6) is 1.97. The first-order chi connectivity index (χ1) is 13.8. The second kappa shape index (κ2) is 15.0. The second-order valence-corrected chi connectivity index (χ2v) is 11.7. The molecule has 1 fully saturated rings. The zero-order valence-electron chi connectivity index (χ0n) is 20.0. The summed E-state index contributed by atoms with van der Waals surface area (Å²) in [7, 11) is 4.22. The molecule has 1 unspecified atom stereocenters. The van der Waals surface area contributed by atoms with E-state index in [0.29, 0.717) is 13.2 Å². The Bertz CT molecular complexity index is 445. The van der Waals surface area contributed by atoms with Crippen LogP contribution >= 0.6 is 7.82 Å². The van der Waals surface area contributed by atoms with Crippen LogP contribution in [-0.2, 0) is 18.1 Å². The molecule has 0 aromatic carbocycles. The van der Waals surface area contributed by atoms with Crippen LogP contribution in [0, 0.1) is 11.8 Å². The van der Waals surface area contributed by atoms with Gasteiger partial charge < -0.3 is 4.48 Å². The van der Waals surface area contributed by atoms with Crippen LogP contribution in [0.4, 0.5) is 0 Å². The summed E-state index contributed by atoms with van der Waals surface area (Å²) >= 11 is 0. The fraction of sp³-hybridized carbons (Fsp3) is 1.00. The van der Waals surface area contributed by atoms with Crippen LogP contribution in [0.1, 0.15) is 90.4 Å². The summed E-state index contributed by atoms with van der Waals surface area (Å²) in [5.41, 5.74) is 0. The molecule has 0 spiro atoms. The van der Waals surface area contributed by atoms with Crippen molar-refractivity contribution in [2.75, 3.05) is 48.0 Å². The van der Waals surface area contributed by atoms with Crippen LogP contribution in [-0.4, -0.2) is 52.5 Å². The maximum atomic E-state index is 12.4. The average molecular weight is 435 g/mol. The molecule has 0 N–H and O–H groups in total. The van der Waals surface area contributed by atoms with E-state index in [4.69, 9.17) is 13.6 Å². The summed E-state index contributed by atoms with van der Waals surface area (Å²) in [6.45, 7) is 3.87. The van der Waals surface area contributed by atoms with Crippen molar-refractivity contribution >= 4 is 7.82 Å². The van der Waals surface area contributed by atoms with Gasteiger partial charge in [0, 0.05) is 7.11 Å². The molecule has 5 nitrogen and oxygen atoms in total. The molecule has 0 amide bonds. The summed E-state index contributed by atoms with van der Waals surface area (Å²) in [4.78, 5) is 0. The highest BCUT2D eigenvalue weighted by molar-refractivity contribution is 7.48. The molecule has 1 rings (SSSR count). The quantitative estimate of drug-likeness (QED) is 0.143. The zero-order valence-corrected chi connectivity index (χ0v) is 20.9. The Morgan fingerprint density at radius 2 is 1.31 bits per heavy atom. The molecule has 174 valence electrons. The molecular weight excluding hydrogens is 385 g/mol. The number of phosphoric ester groups is 1. The largest absolute Gasteiger partial charge is 0.474 e. The summed E-state index contributed by atoms with van der Waals surface area (Å²) in [6.07, 6.45) is 17.4. The van der Waals surface area contributed by atoms with Gasteiger partial charge in [-0.05, 0) is 18.3 Å². The third-order valence-corrected chi connectivity index (χ3v) is 7.62. The van der Waals surface area contributed by atoms with Gasteiger partial charge in [-0.25, -0.2) is 4.57 Å².